The summed E-state index contributed by atoms with van der Waals surface area (Å²) in [7, 11) is -4.18. The molecule has 0 spiro atoms. The average Bonchev–Trinajstić information content (AvgIpc) is 2.88. The van der Waals surface area contributed by atoms with E-state index in [0.29, 0.717) is 10.8 Å². The Kier molecular flexibility index (Phi) is 4.90. The van der Waals surface area contributed by atoms with Gasteiger partial charge in [-0.1, -0.05) is 26.0 Å². The highest BCUT2D eigenvalue weighted by Crippen LogP contribution is 2.32. The molecular formula is C14H17N3O4S2. The molecule has 1 heterocycles. The lowest BCUT2D eigenvalue weighted by atomic mass is 9.99. The summed E-state index contributed by atoms with van der Waals surface area (Å²) in [5.74, 6) is -1.63. The fourth-order valence-electron chi connectivity index (χ4n) is 2.08. The lowest BCUT2D eigenvalue weighted by Gasteiger charge is -2.05. The van der Waals surface area contributed by atoms with Gasteiger partial charge in [0, 0.05) is 4.70 Å². The minimum atomic E-state index is -4.18. The van der Waals surface area contributed by atoms with Crippen LogP contribution in [0.1, 0.15) is 35.0 Å². The molecular weight excluding hydrogens is 338 g/mol. The number of fused-ring (bicyclic) bond motifs is 1. The molecule has 0 atom stereocenters. The molecule has 9 heteroatoms. The Balaban J connectivity index is 2.29. The van der Waals surface area contributed by atoms with E-state index in [4.69, 9.17) is 11.5 Å². The fourth-order valence-corrected chi connectivity index (χ4v) is 3.94. The molecule has 0 bridgehead atoms. The number of oxime groups is 1. The van der Waals surface area contributed by atoms with Gasteiger partial charge in [0.15, 0.2) is 11.5 Å². The molecule has 4 N–H and O–H groups in total. The molecule has 0 saturated carbocycles. The summed E-state index contributed by atoms with van der Waals surface area (Å²) < 4.78 is 28.5. The Labute approximate surface area is 138 Å². The lowest BCUT2D eigenvalue weighted by molar-refractivity contribution is 0.102. The molecule has 0 saturated heterocycles. The summed E-state index contributed by atoms with van der Waals surface area (Å²) >= 11 is 1.25. The Bertz CT molecular complexity index is 865. The van der Waals surface area contributed by atoms with Crippen LogP contribution in [0, 0.1) is 0 Å². The number of carbonyl (C=O) groups is 1. The second kappa shape index (κ2) is 6.55. The van der Waals surface area contributed by atoms with Crippen molar-refractivity contribution in [3.05, 3.63) is 34.7 Å². The summed E-state index contributed by atoms with van der Waals surface area (Å²) in [6.45, 7) is 4.11. The Morgan fingerprint density at radius 1 is 1.35 bits per heavy atom. The fraction of sp³-hybridized carbons (Fsp3) is 0.286. The zero-order valence-corrected chi connectivity index (χ0v) is 14.3. The van der Waals surface area contributed by atoms with Crippen molar-refractivity contribution in [3.8, 4) is 0 Å². The highest BCUT2D eigenvalue weighted by atomic mass is 32.2. The number of rotatable bonds is 6. The highest BCUT2D eigenvalue weighted by molar-refractivity contribution is 7.87. The van der Waals surface area contributed by atoms with Crippen molar-refractivity contribution in [2.45, 2.75) is 19.8 Å². The van der Waals surface area contributed by atoms with Crippen molar-refractivity contribution >= 4 is 43.3 Å². The van der Waals surface area contributed by atoms with Gasteiger partial charge in [0.05, 0.1) is 4.88 Å². The lowest BCUT2D eigenvalue weighted by Crippen LogP contribution is -2.24. The molecule has 0 unspecified atom stereocenters. The molecule has 0 radical (unpaired) electrons. The van der Waals surface area contributed by atoms with Crippen LogP contribution in [0.4, 0.5) is 0 Å². The number of ketones is 1. The third kappa shape index (κ3) is 4.20. The maximum Gasteiger partial charge on any atom is 0.336 e. The quantitative estimate of drug-likeness (QED) is 0.352. The van der Waals surface area contributed by atoms with Crippen LogP contribution in [0.5, 0.6) is 0 Å². The van der Waals surface area contributed by atoms with Crippen molar-refractivity contribution in [2.24, 2.45) is 16.6 Å². The van der Waals surface area contributed by atoms with Gasteiger partial charge >= 0.3 is 10.1 Å². The van der Waals surface area contributed by atoms with Crippen molar-refractivity contribution in [2.75, 3.05) is 5.75 Å². The van der Waals surface area contributed by atoms with Crippen LogP contribution in [-0.4, -0.2) is 25.9 Å². The first-order valence-electron chi connectivity index (χ1n) is 6.75. The molecule has 0 aliphatic heterocycles. The molecule has 23 heavy (non-hydrogen) atoms. The third-order valence-corrected chi connectivity index (χ3v) is 5.11. The zero-order valence-electron chi connectivity index (χ0n) is 12.6. The number of guanidine groups is 1. The van der Waals surface area contributed by atoms with Crippen LogP contribution < -0.4 is 11.5 Å². The monoisotopic (exact) mass is 355 g/mol. The summed E-state index contributed by atoms with van der Waals surface area (Å²) in [5.41, 5.74) is 11.1. The predicted octanol–water partition coefficient (Wildman–Crippen LogP) is 1.74. The zero-order chi connectivity index (χ0) is 17.2. The van der Waals surface area contributed by atoms with Crippen LogP contribution in [0.15, 0.2) is 29.4 Å². The molecule has 0 fully saturated rings. The molecule has 1 aromatic heterocycles. The van der Waals surface area contributed by atoms with Crippen LogP contribution in [0.2, 0.25) is 0 Å². The van der Waals surface area contributed by atoms with Crippen LogP contribution in [-0.2, 0) is 14.4 Å². The molecule has 0 aliphatic carbocycles. The molecule has 0 aliphatic rings. The van der Waals surface area contributed by atoms with Crippen LogP contribution in [0.3, 0.4) is 0 Å². The van der Waals surface area contributed by atoms with E-state index in [1.165, 1.54) is 11.3 Å². The number of carbonyl (C=O) groups excluding carboxylic acids is 1. The second-order valence-corrected chi connectivity index (χ2v) is 7.88. The van der Waals surface area contributed by atoms with Crippen molar-refractivity contribution < 1.29 is 17.5 Å². The van der Waals surface area contributed by atoms with Crippen LogP contribution >= 0.6 is 11.3 Å². The number of benzene rings is 1. The van der Waals surface area contributed by atoms with Gasteiger partial charge < -0.3 is 11.5 Å². The number of Topliss-reactive ketones (excluding diaryl/α,β-unsaturated/α-hetero) is 1. The second-order valence-electron chi connectivity index (χ2n) is 5.24. The number of hydrogen-bond acceptors (Lipinski definition) is 6. The minimum absolute atomic E-state index is 0.296. The van der Waals surface area contributed by atoms with E-state index in [0.717, 1.165) is 15.6 Å². The summed E-state index contributed by atoms with van der Waals surface area (Å²) in [6, 6.07) is 7.52. The minimum Gasteiger partial charge on any atom is -0.367 e. The number of nitrogens with zero attached hydrogens (tertiary/aromatic N) is 1. The first-order chi connectivity index (χ1) is 10.7. The third-order valence-electron chi connectivity index (χ3n) is 3.06. The van der Waals surface area contributed by atoms with E-state index < -0.39 is 27.6 Å². The van der Waals surface area contributed by atoms with Crippen molar-refractivity contribution in [3.63, 3.8) is 0 Å². The van der Waals surface area contributed by atoms with Crippen LogP contribution in [0.25, 0.3) is 10.1 Å². The Hall–Kier alpha value is -2.13. The van der Waals surface area contributed by atoms with E-state index in [1.54, 1.807) is 6.07 Å². The largest absolute Gasteiger partial charge is 0.367 e. The van der Waals surface area contributed by atoms with Gasteiger partial charge in [0.2, 0.25) is 5.96 Å². The Morgan fingerprint density at radius 3 is 2.65 bits per heavy atom. The molecule has 0 amide bonds. The smallest absolute Gasteiger partial charge is 0.336 e. The number of nitrogens with two attached hydrogens (primary N) is 2. The highest BCUT2D eigenvalue weighted by Gasteiger charge is 2.22. The van der Waals surface area contributed by atoms with Gasteiger partial charge in [-0.25, -0.2) is 0 Å². The van der Waals surface area contributed by atoms with Crippen molar-refractivity contribution in [1.82, 2.24) is 0 Å². The predicted molar refractivity (Wildman–Crippen MR) is 90.9 cm³/mol. The van der Waals surface area contributed by atoms with Gasteiger partial charge in [0.1, 0.15) is 0 Å². The summed E-state index contributed by atoms with van der Waals surface area (Å²) in [5, 5.41) is 3.92. The van der Waals surface area contributed by atoms with Gasteiger partial charge in [0.25, 0.3) is 0 Å². The van der Waals surface area contributed by atoms with Gasteiger partial charge in [-0.15, -0.1) is 11.3 Å². The van der Waals surface area contributed by atoms with E-state index in [9.17, 15) is 13.2 Å². The molecule has 2 aromatic rings. The maximum atomic E-state index is 12.2. The first kappa shape index (κ1) is 17.2. The average molecular weight is 355 g/mol. The SMILES string of the molecule is CC(C)c1cccc2sc(C(=O)CS(=O)(=O)ON=C(N)N)cc12. The molecule has 1 aromatic carbocycles. The molecule has 7 nitrogen and oxygen atoms in total. The van der Waals surface area contributed by atoms with E-state index >= 15 is 0 Å². The topological polar surface area (TPSA) is 125 Å². The normalized spacial score (nSPS) is 11.6. The van der Waals surface area contributed by atoms with Crippen molar-refractivity contribution in [1.29, 1.82) is 0 Å². The summed E-state index contributed by atoms with van der Waals surface area (Å²) in [4.78, 5) is 12.5. The first-order valence-corrected chi connectivity index (χ1v) is 9.15. The molecule has 2 rings (SSSR count). The number of thiophene rings is 1. The van der Waals surface area contributed by atoms with Gasteiger partial charge in [-0.05, 0) is 34.2 Å². The standard InChI is InChI=1S/C14H17N3O4S2/c1-8(2)9-4-3-5-12-10(9)6-13(22-12)11(18)7-23(19,20)21-17-14(15)16/h3-6,8H,7H2,1-2H3,(H4,15,16,17). The van der Waals surface area contributed by atoms with E-state index in [-0.39, 0.29) is 0 Å². The number of hydrogen-bond donors (Lipinski definition) is 2. The molecule has 124 valence electrons. The van der Waals surface area contributed by atoms with E-state index in [2.05, 4.69) is 23.3 Å². The van der Waals surface area contributed by atoms with Gasteiger partial charge in [-0.2, -0.15) is 8.42 Å². The maximum absolute atomic E-state index is 12.2. The summed E-state index contributed by atoms with van der Waals surface area (Å²) in [6.07, 6.45) is 0. The van der Waals surface area contributed by atoms with E-state index in [1.807, 2.05) is 18.2 Å². The Morgan fingerprint density at radius 2 is 2.04 bits per heavy atom. The van der Waals surface area contributed by atoms with Gasteiger partial charge in [-0.3, -0.25) is 9.08 Å².